The molecule has 30 heavy (non-hydrogen) atoms. The van der Waals surface area contributed by atoms with E-state index in [9.17, 15) is 9.90 Å². The van der Waals surface area contributed by atoms with Crippen LogP contribution in [-0.2, 0) is 10.4 Å². The summed E-state index contributed by atoms with van der Waals surface area (Å²) in [5, 5.41) is 14.9. The van der Waals surface area contributed by atoms with Crippen molar-refractivity contribution in [2.45, 2.75) is 82.8 Å². The molecule has 1 saturated heterocycles. The Morgan fingerprint density at radius 1 is 1.03 bits per heavy atom. The number of amides is 1. The maximum atomic E-state index is 13.4. The minimum atomic E-state index is -1.40. The summed E-state index contributed by atoms with van der Waals surface area (Å²) in [7, 11) is 0. The first-order valence-corrected chi connectivity index (χ1v) is 12.4. The number of aliphatic hydroxyl groups is 1. The highest BCUT2D eigenvalue weighted by Crippen LogP contribution is 2.41. The molecule has 0 aromatic heterocycles. The Morgan fingerprint density at radius 2 is 1.73 bits per heavy atom. The van der Waals surface area contributed by atoms with Gasteiger partial charge in [0.15, 0.2) is 5.60 Å². The zero-order valence-electron chi connectivity index (χ0n) is 18.7. The van der Waals surface area contributed by atoms with Crippen LogP contribution in [0.2, 0.25) is 0 Å². The van der Waals surface area contributed by atoms with Gasteiger partial charge in [-0.3, -0.25) is 4.79 Å². The Labute approximate surface area is 182 Å². The number of rotatable bonds is 6. The summed E-state index contributed by atoms with van der Waals surface area (Å²) in [6.45, 7) is 5.74. The van der Waals surface area contributed by atoms with Gasteiger partial charge in [0.2, 0.25) is 0 Å². The summed E-state index contributed by atoms with van der Waals surface area (Å²) in [4.78, 5) is 16.0. The monoisotopic (exact) mass is 412 g/mol. The average molecular weight is 413 g/mol. The number of likely N-dealkylation sites (tertiary alicyclic amines) is 1. The third-order valence-electron chi connectivity index (χ3n) is 7.99. The van der Waals surface area contributed by atoms with E-state index in [2.05, 4.69) is 17.1 Å². The zero-order valence-corrected chi connectivity index (χ0v) is 18.7. The van der Waals surface area contributed by atoms with Gasteiger partial charge in [-0.1, -0.05) is 62.9 Å². The third kappa shape index (κ3) is 4.91. The summed E-state index contributed by atoms with van der Waals surface area (Å²) in [5.74, 6) is 1.57. The number of carbonyl (C=O) groups excluding carboxylic acids is 1. The molecule has 1 unspecified atom stereocenters. The second-order valence-electron chi connectivity index (χ2n) is 10.3. The molecule has 4 nitrogen and oxygen atoms in total. The van der Waals surface area contributed by atoms with E-state index >= 15 is 0 Å². The van der Waals surface area contributed by atoms with Crippen LogP contribution in [0.15, 0.2) is 30.3 Å². The zero-order chi connectivity index (χ0) is 21.0. The molecule has 1 aromatic rings. The molecular formula is C26H40N2O2. The normalized spacial score (nSPS) is 28.9. The van der Waals surface area contributed by atoms with E-state index < -0.39 is 5.60 Å². The number of hydrogen-bond donors (Lipinski definition) is 2. The van der Waals surface area contributed by atoms with Crippen LogP contribution in [0.25, 0.3) is 0 Å². The quantitative estimate of drug-likeness (QED) is 0.725. The van der Waals surface area contributed by atoms with Crippen LogP contribution in [0.1, 0.15) is 76.7 Å². The van der Waals surface area contributed by atoms with Crippen molar-refractivity contribution in [2.75, 3.05) is 19.6 Å². The van der Waals surface area contributed by atoms with Crippen molar-refractivity contribution in [2.24, 2.45) is 17.8 Å². The Bertz CT molecular complexity index is 680. The molecule has 4 heteroatoms. The Balaban J connectivity index is 1.33. The molecule has 0 radical (unpaired) electrons. The fourth-order valence-electron chi connectivity index (χ4n) is 6.23. The minimum absolute atomic E-state index is 0.0216. The van der Waals surface area contributed by atoms with Gasteiger partial charge in [0.1, 0.15) is 0 Å². The van der Waals surface area contributed by atoms with Crippen molar-refractivity contribution >= 4 is 5.91 Å². The van der Waals surface area contributed by atoms with E-state index in [1.165, 1.54) is 32.2 Å². The second-order valence-corrected chi connectivity index (χ2v) is 10.3. The van der Waals surface area contributed by atoms with Crippen molar-refractivity contribution < 1.29 is 9.90 Å². The van der Waals surface area contributed by atoms with Crippen molar-refractivity contribution in [1.82, 2.24) is 10.2 Å². The molecule has 1 heterocycles. The van der Waals surface area contributed by atoms with Gasteiger partial charge in [-0.15, -0.1) is 0 Å². The van der Waals surface area contributed by atoms with Crippen LogP contribution < -0.4 is 5.32 Å². The highest BCUT2D eigenvalue weighted by molar-refractivity contribution is 5.87. The van der Waals surface area contributed by atoms with E-state index in [0.717, 1.165) is 69.0 Å². The second kappa shape index (κ2) is 9.82. The SMILES string of the molecule is C[C@@H]1CCC[C@H](CN2CCC(NC(=O)C(O)(c3ccccc3)C3CCCC3)CC2)C1. The summed E-state index contributed by atoms with van der Waals surface area (Å²) in [5.41, 5.74) is -0.647. The number of benzene rings is 1. The van der Waals surface area contributed by atoms with Gasteiger partial charge in [-0.05, 0) is 55.9 Å². The molecule has 166 valence electrons. The first kappa shape index (κ1) is 21.8. The van der Waals surface area contributed by atoms with Crippen LogP contribution in [0.5, 0.6) is 0 Å². The molecule has 1 aromatic carbocycles. The lowest BCUT2D eigenvalue weighted by molar-refractivity contribution is -0.148. The van der Waals surface area contributed by atoms with E-state index in [0.29, 0.717) is 0 Å². The molecule has 4 rings (SSSR count). The molecule has 1 aliphatic heterocycles. The van der Waals surface area contributed by atoms with Gasteiger partial charge in [-0.2, -0.15) is 0 Å². The summed E-state index contributed by atoms with van der Waals surface area (Å²) in [6, 6.07) is 9.78. The predicted molar refractivity (Wildman–Crippen MR) is 121 cm³/mol. The molecule has 3 aliphatic rings. The number of nitrogens with zero attached hydrogens (tertiary/aromatic N) is 1. The van der Waals surface area contributed by atoms with Crippen molar-refractivity contribution in [3.63, 3.8) is 0 Å². The van der Waals surface area contributed by atoms with Gasteiger partial charge >= 0.3 is 0 Å². The lowest BCUT2D eigenvalue weighted by atomic mass is 9.79. The van der Waals surface area contributed by atoms with Crippen LogP contribution >= 0.6 is 0 Å². The summed E-state index contributed by atoms with van der Waals surface area (Å²) < 4.78 is 0. The number of nitrogens with one attached hydrogen (secondary N) is 1. The van der Waals surface area contributed by atoms with Gasteiger partial charge in [0.05, 0.1) is 0 Å². The van der Waals surface area contributed by atoms with Crippen molar-refractivity contribution in [3.8, 4) is 0 Å². The fraction of sp³-hybridized carbons (Fsp3) is 0.731. The average Bonchev–Trinajstić information content (AvgIpc) is 3.31. The number of carbonyl (C=O) groups is 1. The molecule has 2 saturated carbocycles. The summed E-state index contributed by atoms with van der Waals surface area (Å²) >= 11 is 0. The van der Waals surface area contributed by atoms with E-state index in [1.54, 1.807) is 0 Å². The van der Waals surface area contributed by atoms with Gasteiger partial charge < -0.3 is 15.3 Å². The first-order chi connectivity index (χ1) is 14.6. The number of piperidine rings is 1. The topological polar surface area (TPSA) is 52.6 Å². The Morgan fingerprint density at radius 3 is 2.40 bits per heavy atom. The Hall–Kier alpha value is -1.39. The molecule has 2 aliphatic carbocycles. The maximum Gasteiger partial charge on any atom is 0.257 e. The number of hydrogen-bond acceptors (Lipinski definition) is 3. The van der Waals surface area contributed by atoms with E-state index in [4.69, 9.17) is 0 Å². The lowest BCUT2D eigenvalue weighted by Gasteiger charge is -2.39. The fourth-order valence-corrected chi connectivity index (χ4v) is 6.23. The molecule has 0 spiro atoms. The largest absolute Gasteiger partial charge is 0.375 e. The van der Waals surface area contributed by atoms with Crippen molar-refractivity contribution in [3.05, 3.63) is 35.9 Å². The van der Waals surface area contributed by atoms with Gasteiger partial charge in [0, 0.05) is 31.6 Å². The molecule has 1 amide bonds. The van der Waals surface area contributed by atoms with E-state index in [-0.39, 0.29) is 17.9 Å². The highest BCUT2D eigenvalue weighted by atomic mass is 16.3. The van der Waals surface area contributed by atoms with Gasteiger partial charge in [0.25, 0.3) is 5.91 Å². The molecule has 0 bridgehead atoms. The standard InChI is InChI=1S/C26H40N2O2/c1-20-8-7-9-21(18-20)19-28-16-14-24(15-17-28)27-25(29)26(30,23-12-5-6-13-23)22-10-3-2-4-11-22/h2-4,10-11,20-21,23-24,30H,5-9,12-19H2,1H3,(H,27,29)/t20-,21+,26?/m1/s1. The molecule has 2 N–H and O–H groups in total. The highest BCUT2D eigenvalue weighted by Gasteiger charge is 2.46. The van der Waals surface area contributed by atoms with Crippen LogP contribution in [-0.4, -0.2) is 41.6 Å². The molecule has 3 fully saturated rings. The smallest absolute Gasteiger partial charge is 0.257 e. The summed E-state index contributed by atoms with van der Waals surface area (Å²) in [6.07, 6.45) is 11.6. The molecular weight excluding hydrogens is 372 g/mol. The van der Waals surface area contributed by atoms with Gasteiger partial charge in [-0.25, -0.2) is 0 Å². The maximum absolute atomic E-state index is 13.4. The molecule has 3 atom stereocenters. The minimum Gasteiger partial charge on any atom is -0.375 e. The van der Waals surface area contributed by atoms with Crippen LogP contribution in [0.3, 0.4) is 0 Å². The van der Waals surface area contributed by atoms with Crippen LogP contribution in [0.4, 0.5) is 0 Å². The van der Waals surface area contributed by atoms with Crippen LogP contribution in [0, 0.1) is 17.8 Å². The van der Waals surface area contributed by atoms with E-state index in [1.807, 2.05) is 30.3 Å². The van der Waals surface area contributed by atoms with Crippen molar-refractivity contribution in [1.29, 1.82) is 0 Å². The first-order valence-electron chi connectivity index (χ1n) is 12.4. The predicted octanol–water partition coefficient (Wildman–Crippen LogP) is 4.47. The lowest BCUT2D eigenvalue weighted by Crippen LogP contribution is -2.54. The third-order valence-corrected chi connectivity index (χ3v) is 7.99. The Kier molecular flexibility index (Phi) is 7.15.